The van der Waals surface area contributed by atoms with E-state index in [0.29, 0.717) is 13.1 Å². The van der Waals surface area contributed by atoms with Crippen molar-refractivity contribution in [3.63, 3.8) is 0 Å². The van der Waals surface area contributed by atoms with Gasteiger partial charge in [0, 0.05) is 38.8 Å². The van der Waals surface area contributed by atoms with Crippen molar-refractivity contribution in [2.75, 3.05) is 26.2 Å². The third-order valence-corrected chi connectivity index (χ3v) is 8.14. The van der Waals surface area contributed by atoms with Crippen molar-refractivity contribution in [2.24, 2.45) is 0 Å². The Labute approximate surface area is 199 Å². The maximum Gasteiger partial charge on any atom is 0.255 e. The van der Waals surface area contributed by atoms with E-state index in [-0.39, 0.29) is 32.5 Å². The number of carbonyl (C=O) groups excluding carboxylic acids is 1. The number of nitrogens with one attached hydrogen (secondary N) is 1. The minimum Gasteiger partial charge on any atom is -0.337 e. The maximum absolute atomic E-state index is 13.3. The summed E-state index contributed by atoms with van der Waals surface area (Å²) in [4.78, 5) is 17.2. The zero-order chi connectivity index (χ0) is 22.9. The number of sulfonamides is 1. The molecule has 0 bridgehead atoms. The molecule has 2 aliphatic rings. The van der Waals surface area contributed by atoms with Crippen LogP contribution in [0, 0.1) is 6.92 Å². The molecule has 1 N–H and O–H groups in total. The van der Waals surface area contributed by atoms with Gasteiger partial charge in [-0.05, 0) is 43.9 Å². The molecule has 0 atom stereocenters. The number of carbonyl (C=O) groups is 1. The summed E-state index contributed by atoms with van der Waals surface area (Å²) in [7, 11) is -3.80. The summed E-state index contributed by atoms with van der Waals surface area (Å²) < 4.78 is 28.0. The van der Waals surface area contributed by atoms with Gasteiger partial charge in [-0.25, -0.2) is 13.1 Å². The fraction of sp³-hybridized carbons (Fsp3) is 0.435. The molecule has 1 saturated carbocycles. The number of hydrogen-bond acceptors (Lipinski definition) is 4. The van der Waals surface area contributed by atoms with Crippen molar-refractivity contribution in [3.05, 3.63) is 63.1 Å². The van der Waals surface area contributed by atoms with E-state index in [1.165, 1.54) is 23.3 Å². The first-order valence-corrected chi connectivity index (χ1v) is 13.1. The molecule has 1 aliphatic heterocycles. The first-order chi connectivity index (χ1) is 15.2. The second-order valence-corrected chi connectivity index (χ2v) is 11.1. The summed E-state index contributed by atoms with van der Waals surface area (Å²) in [5.41, 5.74) is 2.64. The Morgan fingerprint density at radius 3 is 2.44 bits per heavy atom. The largest absolute Gasteiger partial charge is 0.337 e. The molecule has 0 aromatic heterocycles. The molecule has 6 nitrogen and oxygen atoms in total. The van der Waals surface area contributed by atoms with Gasteiger partial charge in [-0.2, -0.15) is 0 Å². The van der Waals surface area contributed by atoms with Crippen LogP contribution < -0.4 is 4.72 Å². The molecule has 1 heterocycles. The molecule has 4 rings (SSSR count). The summed E-state index contributed by atoms with van der Waals surface area (Å²) in [5, 5.41) is 0.172. The molecule has 2 fully saturated rings. The SMILES string of the molecule is Cc1ccc(CN2CCCN(C(=O)c3cc(S(=O)(=O)NC4CC4)c(Cl)cc3Cl)CC2)cc1. The highest BCUT2D eigenvalue weighted by molar-refractivity contribution is 7.89. The standard InChI is InChI=1S/C23H27Cl2N3O3S/c1-16-3-5-17(6-4-16)15-27-9-2-10-28(12-11-27)23(29)19-13-22(21(25)14-20(19)24)32(30,31)26-18-7-8-18/h3-6,13-14,18,26H,2,7-12,15H2,1H3. The minimum atomic E-state index is -3.80. The second-order valence-electron chi connectivity index (χ2n) is 8.57. The highest BCUT2D eigenvalue weighted by Gasteiger charge is 2.31. The third-order valence-electron chi connectivity index (χ3n) is 5.84. The number of rotatable bonds is 6. The summed E-state index contributed by atoms with van der Waals surface area (Å²) in [6.07, 6.45) is 2.45. The van der Waals surface area contributed by atoms with Crippen LogP contribution in [0.25, 0.3) is 0 Å². The molecule has 172 valence electrons. The molecule has 2 aromatic rings. The van der Waals surface area contributed by atoms with Crippen LogP contribution in [-0.2, 0) is 16.6 Å². The molecule has 32 heavy (non-hydrogen) atoms. The Morgan fingerprint density at radius 2 is 1.75 bits per heavy atom. The fourth-order valence-corrected chi connectivity index (χ4v) is 6.00. The lowest BCUT2D eigenvalue weighted by Gasteiger charge is -2.23. The monoisotopic (exact) mass is 495 g/mol. The van der Waals surface area contributed by atoms with E-state index in [1.54, 1.807) is 4.90 Å². The minimum absolute atomic E-state index is 0.0137. The zero-order valence-electron chi connectivity index (χ0n) is 18.0. The Morgan fingerprint density at radius 1 is 1.03 bits per heavy atom. The van der Waals surface area contributed by atoms with Crippen molar-refractivity contribution in [1.82, 2.24) is 14.5 Å². The molecule has 1 saturated heterocycles. The second kappa shape index (κ2) is 9.69. The molecule has 1 amide bonds. The third kappa shape index (κ3) is 5.64. The first-order valence-electron chi connectivity index (χ1n) is 10.8. The Balaban J connectivity index is 1.47. The van der Waals surface area contributed by atoms with Crippen molar-refractivity contribution in [2.45, 2.75) is 43.7 Å². The van der Waals surface area contributed by atoms with Gasteiger partial charge in [-0.3, -0.25) is 9.69 Å². The normalized spacial score (nSPS) is 17.9. The summed E-state index contributed by atoms with van der Waals surface area (Å²) >= 11 is 12.5. The van der Waals surface area contributed by atoms with Gasteiger partial charge in [0.25, 0.3) is 5.91 Å². The quantitative estimate of drug-likeness (QED) is 0.654. The Kier molecular flexibility index (Phi) is 7.12. The molecule has 0 spiro atoms. The summed E-state index contributed by atoms with van der Waals surface area (Å²) in [6, 6.07) is 11.1. The van der Waals surface area contributed by atoms with Crippen molar-refractivity contribution in [1.29, 1.82) is 0 Å². The number of nitrogens with zero attached hydrogens (tertiary/aromatic N) is 2. The van der Waals surface area contributed by atoms with Crippen molar-refractivity contribution >= 4 is 39.1 Å². The van der Waals surface area contributed by atoms with Gasteiger partial charge in [0.2, 0.25) is 10.0 Å². The molecular weight excluding hydrogens is 469 g/mol. The van der Waals surface area contributed by atoms with Gasteiger partial charge in [0.1, 0.15) is 4.90 Å². The number of amides is 1. The van der Waals surface area contributed by atoms with E-state index >= 15 is 0 Å². The van der Waals surface area contributed by atoms with Crippen molar-refractivity contribution in [3.8, 4) is 0 Å². The van der Waals surface area contributed by atoms with Crippen LogP contribution in [0.15, 0.2) is 41.3 Å². The lowest BCUT2D eigenvalue weighted by molar-refractivity contribution is 0.0761. The zero-order valence-corrected chi connectivity index (χ0v) is 20.3. The summed E-state index contributed by atoms with van der Waals surface area (Å²) in [5.74, 6) is -0.272. The lowest BCUT2D eigenvalue weighted by atomic mass is 10.1. The van der Waals surface area contributed by atoms with Crippen LogP contribution in [0.2, 0.25) is 10.0 Å². The first kappa shape index (κ1) is 23.5. The number of hydrogen-bond donors (Lipinski definition) is 1. The van der Waals surface area contributed by atoms with Gasteiger partial charge in [-0.1, -0.05) is 53.0 Å². The number of benzene rings is 2. The van der Waals surface area contributed by atoms with Gasteiger partial charge >= 0.3 is 0 Å². The van der Waals surface area contributed by atoms with Crippen LogP contribution in [0.4, 0.5) is 0 Å². The molecule has 1 aliphatic carbocycles. The Hall–Kier alpha value is -1.64. The van der Waals surface area contributed by atoms with E-state index in [1.807, 2.05) is 0 Å². The Bertz CT molecular complexity index is 1100. The average Bonchev–Trinajstić information content (AvgIpc) is 3.56. The van der Waals surface area contributed by atoms with Crippen LogP contribution in [0.1, 0.15) is 40.7 Å². The van der Waals surface area contributed by atoms with Gasteiger partial charge < -0.3 is 4.90 Å². The average molecular weight is 496 g/mol. The lowest BCUT2D eigenvalue weighted by Crippen LogP contribution is -2.35. The fourth-order valence-electron chi connectivity index (χ4n) is 3.84. The molecule has 9 heteroatoms. The van der Waals surface area contributed by atoms with Crippen LogP contribution >= 0.6 is 23.2 Å². The van der Waals surface area contributed by atoms with Crippen LogP contribution in [0.3, 0.4) is 0 Å². The molecular formula is C23H27Cl2N3O3S. The topological polar surface area (TPSA) is 69.7 Å². The van der Waals surface area contributed by atoms with E-state index in [4.69, 9.17) is 23.2 Å². The van der Waals surface area contributed by atoms with Gasteiger partial charge in [-0.15, -0.1) is 0 Å². The van der Waals surface area contributed by atoms with Gasteiger partial charge in [0.05, 0.1) is 15.6 Å². The van der Waals surface area contributed by atoms with E-state index in [9.17, 15) is 13.2 Å². The van der Waals surface area contributed by atoms with Crippen molar-refractivity contribution < 1.29 is 13.2 Å². The van der Waals surface area contributed by atoms with Gasteiger partial charge in [0.15, 0.2) is 0 Å². The smallest absolute Gasteiger partial charge is 0.255 e. The van der Waals surface area contributed by atoms with E-state index in [2.05, 4.69) is 40.8 Å². The highest BCUT2D eigenvalue weighted by atomic mass is 35.5. The van der Waals surface area contributed by atoms with E-state index < -0.39 is 10.0 Å². The molecule has 0 radical (unpaired) electrons. The van der Waals surface area contributed by atoms with Crippen LogP contribution in [-0.4, -0.2) is 56.3 Å². The van der Waals surface area contributed by atoms with E-state index in [0.717, 1.165) is 38.9 Å². The predicted octanol–water partition coefficient (Wildman–Crippen LogP) is 4.09. The van der Waals surface area contributed by atoms with Crippen LogP contribution in [0.5, 0.6) is 0 Å². The molecule has 2 aromatic carbocycles. The molecule has 0 unspecified atom stereocenters. The number of aryl methyl sites for hydroxylation is 1. The predicted molar refractivity (Wildman–Crippen MR) is 127 cm³/mol. The summed E-state index contributed by atoms with van der Waals surface area (Å²) in [6.45, 7) is 5.66. The highest BCUT2D eigenvalue weighted by Crippen LogP contribution is 2.31. The maximum atomic E-state index is 13.3. The number of halogens is 2.